The van der Waals surface area contributed by atoms with Crippen molar-refractivity contribution in [3.05, 3.63) is 46.7 Å². The quantitative estimate of drug-likeness (QED) is 0.766. The highest BCUT2D eigenvalue weighted by atomic mass is 35.5. The van der Waals surface area contributed by atoms with Crippen LogP contribution in [0, 0.1) is 5.92 Å². The number of carbonyl (C=O) groups is 1. The molecule has 1 N–H and O–H groups in total. The molecule has 1 saturated heterocycles. The van der Waals surface area contributed by atoms with E-state index in [0.717, 1.165) is 30.0 Å². The van der Waals surface area contributed by atoms with Gasteiger partial charge in [-0.3, -0.25) is 9.89 Å². The summed E-state index contributed by atoms with van der Waals surface area (Å²) in [5, 5.41) is 8.15. The molecule has 1 amide bonds. The third-order valence-electron chi connectivity index (χ3n) is 5.75. The lowest BCUT2D eigenvalue weighted by atomic mass is 9.88. The number of ether oxygens (including phenoxy) is 2. The van der Waals surface area contributed by atoms with E-state index in [4.69, 9.17) is 21.1 Å². The fourth-order valence-electron chi connectivity index (χ4n) is 4.14. The van der Waals surface area contributed by atoms with E-state index < -0.39 is 0 Å². The lowest BCUT2D eigenvalue weighted by Gasteiger charge is -2.35. The molecule has 2 aromatic rings. The molecule has 1 aromatic carbocycles. The van der Waals surface area contributed by atoms with Gasteiger partial charge in [0.1, 0.15) is 11.9 Å². The fraction of sp³-hybridized carbons (Fsp3) is 0.545. The number of nitrogens with zero attached hydrogens (tertiary/aromatic N) is 2. The van der Waals surface area contributed by atoms with Gasteiger partial charge in [0.25, 0.3) is 0 Å². The van der Waals surface area contributed by atoms with Crippen molar-refractivity contribution >= 4 is 17.5 Å². The van der Waals surface area contributed by atoms with E-state index in [1.165, 1.54) is 19.3 Å². The van der Waals surface area contributed by atoms with Crippen LogP contribution in [0.15, 0.2) is 30.3 Å². The van der Waals surface area contributed by atoms with Gasteiger partial charge in [0.2, 0.25) is 5.91 Å². The number of morpholine rings is 1. The Balaban J connectivity index is 1.29. The maximum Gasteiger partial charge on any atom is 0.225 e. The van der Waals surface area contributed by atoms with Crippen LogP contribution in [0.2, 0.25) is 5.02 Å². The van der Waals surface area contributed by atoms with Crippen LogP contribution in [-0.2, 0) is 16.0 Å². The number of aromatic amines is 1. The largest absolute Gasteiger partial charge is 0.493 e. The van der Waals surface area contributed by atoms with Crippen molar-refractivity contribution in [2.45, 2.75) is 44.6 Å². The molecule has 7 heteroatoms. The predicted octanol–water partition coefficient (Wildman–Crippen LogP) is 4.16. The molecular weight excluding hydrogens is 390 g/mol. The summed E-state index contributed by atoms with van der Waals surface area (Å²) < 4.78 is 11.7. The standard InChI is InChI=1S/C22H28ClN3O3/c23-17-7-4-8-19(13-17)28-11-9-18-14-20(25-24-18)21-15-26(10-12-29-21)22(27)16-5-2-1-3-6-16/h4,7-8,13-14,16,21H,1-3,5-6,9-12,15H2,(H,24,25)/t21-/m1/s1. The Labute approximate surface area is 176 Å². The number of hydrogen-bond acceptors (Lipinski definition) is 4. The van der Waals surface area contributed by atoms with Gasteiger partial charge in [0.15, 0.2) is 0 Å². The van der Waals surface area contributed by atoms with Crippen LogP contribution >= 0.6 is 11.6 Å². The van der Waals surface area contributed by atoms with Crippen molar-refractivity contribution in [2.24, 2.45) is 5.92 Å². The maximum absolute atomic E-state index is 12.9. The van der Waals surface area contributed by atoms with Crippen LogP contribution in [0.4, 0.5) is 0 Å². The number of H-pyrrole nitrogens is 1. The van der Waals surface area contributed by atoms with Crippen LogP contribution in [0.5, 0.6) is 5.75 Å². The Morgan fingerprint density at radius 1 is 1.28 bits per heavy atom. The van der Waals surface area contributed by atoms with Gasteiger partial charge >= 0.3 is 0 Å². The molecule has 2 fully saturated rings. The average molecular weight is 418 g/mol. The molecular formula is C22H28ClN3O3. The van der Waals surface area contributed by atoms with E-state index in [0.29, 0.717) is 43.7 Å². The number of amides is 1. The van der Waals surface area contributed by atoms with Crippen LogP contribution in [-0.4, -0.2) is 47.3 Å². The molecule has 29 heavy (non-hydrogen) atoms. The predicted molar refractivity (Wildman–Crippen MR) is 111 cm³/mol. The molecule has 0 unspecified atom stereocenters. The number of rotatable bonds is 6. The Morgan fingerprint density at radius 2 is 2.14 bits per heavy atom. The van der Waals surface area contributed by atoms with Crippen LogP contribution in [0.1, 0.15) is 49.6 Å². The molecule has 0 spiro atoms. The second-order valence-electron chi connectivity index (χ2n) is 7.85. The first-order valence-electron chi connectivity index (χ1n) is 10.5. The van der Waals surface area contributed by atoms with Gasteiger partial charge in [-0.1, -0.05) is 36.9 Å². The minimum Gasteiger partial charge on any atom is -0.493 e. The Kier molecular flexibility index (Phi) is 6.72. The van der Waals surface area contributed by atoms with E-state index in [1.54, 1.807) is 6.07 Å². The van der Waals surface area contributed by atoms with Gasteiger partial charge in [-0.25, -0.2) is 0 Å². The van der Waals surface area contributed by atoms with E-state index in [9.17, 15) is 4.79 Å². The van der Waals surface area contributed by atoms with E-state index in [2.05, 4.69) is 10.2 Å². The normalized spacial score (nSPS) is 20.6. The Morgan fingerprint density at radius 3 is 2.97 bits per heavy atom. The topological polar surface area (TPSA) is 67.5 Å². The zero-order valence-electron chi connectivity index (χ0n) is 16.6. The number of nitrogens with one attached hydrogen (secondary N) is 1. The van der Waals surface area contributed by atoms with Gasteiger partial charge in [0, 0.05) is 29.6 Å². The lowest BCUT2D eigenvalue weighted by molar-refractivity contribution is -0.144. The van der Waals surface area contributed by atoms with E-state index >= 15 is 0 Å². The molecule has 2 heterocycles. The highest BCUT2D eigenvalue weighted by Crippen LogP contribution is 2.28. The molecule has 2 aliphatic rings. The molecule has 156 valence electrons. The smallest absolute Gasteiger partial charge is 0.225 e. The summed E-state index contributed by atoms with van der Waals surface area (Å²) in [6.07, 6.45) is 6.19. The molecule has 0 bridgehead atoms. The van der Waals surface area contributed by atoms with Crippen LogP contribution in [0.25, 0.3) is 0 Å². The van der Waals surface area contributed by atoms with Crippen molar-refractivity contribution in [1.29, 1.82) is 0 Å². The SMILES string of the molecule is O=C(C1CCCCC1)N1CCO[C@@H](c2cc(CCOc3cccc(Cl)c3)[nH]n2)C1. The van der Waals surface area contributed by atoms with Gasteiger partial charge in [0.05, 0.1) is 25.5 Å². The van der Waals surface area contributed by atoms with Crippen molar-refractivity contribution < 1.29 is 14.3 Å². The average Bonchev–Trinajstić information content (AvgIpc) is 3.23. The molecule has 1 aliphatic carbocycles. The lowest BCUT2D eigenvalue weighted by Crippen LogP contribution is -2.45. The van der Waals surface area contributed by atoms with Gasteiger partial charge in [-0.15, -0.1) is 0 Å². The van der Waals surface area contributed by atoms with Crippen LogP contribution < -0.4 is 4.74 Å². The fourth-order valence-corrected chi connectivity index (χ4v) is 4.32. The summed E-state index contributed by atoms with van der Waals surface area (Å²) in [6.45, 7) is 2.35. The summed E-state index contributed by atoms with van der Waals surface area (Å²) >= 11 is 5.98. The van der Waals surface area contributed by atoms with Gasteiger partial charge in [-0.05, 0) is 37.1 Å². The summed E-state index contributed by atoms with van der Waals surface area (Å²) in [5.74, 6) is 1.24. The first-order valence-corrected chi connectivity index (χ1v) is 10.9. The molecule has 1 saturated carbocycles. The number of hydrogen-bond donors (Lipinski definition) is 1. The van der Waals surface area contributed by atoms with Crippen molar-refractivity contribution in [3.8, 4) is 5.75 Å². The number of benzene rings is 1. The minimum atomic E-state index is -0.171. The highest BCUT2D eigenvalue weighted by Gasteiger charge is 2.31. The molecule has 1 atom stereocenters. The summed E-state index contributed by atoms with van der Waals surface area (Å²) in [7, 11) is 0. The Hall–Kier alpha value is -2.05. The monoisotopic (exact) mass is 417 g/mol. The van der Waals surface area contributed by atoms with Crippen molar-refractivity contribution in [3.63, 3.8) is 0 Å². The van der Waals surface area contributed by atoms with Crippen LogP contribution in [0.3, 0.4) is 0 Å². The Bertz CT molecular complexity index is 819. The number of aromatic nitrogens is 2. The van der Waals surface area contributed by atoms with Gasteiger partial charge in [-0.2, -0.15) is 5.10 Å². The first-order chi connectivity index (χ1) is 14.2. The maximum atomic E-state index is 12.9. The molecule has 6 nitrogen and oxygen atoms in total. The zero-order valence-corrected chi connectivity index (χ0v) is 17.4. The third-order valence-corrected chi connectivity index (χ3v) is 5.98. The molecule has 4 rings (SSSR count). The first kappa shape index (κ1) is 20.2. The zero-order chi connectivity index (χ0) is 20.1. The van der Waals surface area contributed by atoms with Crippen molar-refractivity contribution in [1.82, 2.24) is 15.1 Å². The third kappa shape index (κ3) is 5.31. The van der Waals surface area contributed by atoms with Crippen molar-refractivity contribution in [2.75, 3.05) is 26.3 Å². The highest BCUT2D eigenvalue weighted by molar-refractivity contribution is 6.30. The summed E-state index contributed by atoms with van der Waals surface area (Å²) in [5.41, 5.74) is 1.84. The summed E-state index contributed by atoms with van der Waals surface area (Å²) in [4.78, 5) is 14.8. The second-order valence-corrected chi connectivity index (χ2v) is 8.29. The minimum absolute atomic E-state index is 0.171. The second kappa shape index (κ2) is 9.63. The number of carbonyl (C=O) groups excluding carboxylic acids is 1. The summed E-state index contributed by atoms with van der Waals surface area (Å²) in [6, 6.07) is 9.39. The number of halogens is 1. The molecule has 0 radical (unpaired) electrons. The van der Waals surface area contributed by atoms with E-state index in [1.807, 2.05) is 29.2 Å². The molecule has 1 aromatic heterocycles. The van der Waals surface area contributed by atoms with Gasteiger partial charge < -0.3 is 14.4 Å². The van der Waals surface area contributed by atoms with E-state index in [-0.39, 0.29) is 12.0 Å². The molecule has 1 aliphatic heterocycles.